The molecule has 2 aliphatic carbocycles. The summed E-state index contributed by atoms with van der Waals surface area (Å²) in [6, 6.07) is 0. The van der Waals surface area contributed by atoms with Crippen molar-refractivity contribution in [2.24, 2.45) is 16.7 Å². The molecule has 1 saturated carbocycles. The number of alkyl halides is 6. The molecular formula is C17H16F6O3. The maximum absolute atomic E-state index is 13.3. The Hall–Kier alpha value is -1.98. The molecule has 26 heavy (non-hydrogen) atoms. The number of terminal acetylenes is 1. The van der Waals surface area contributed by atoms with Crippen molar-refractivity contribution in [3.05, 3.63) is 11.1 Å². The van der Waals surface area contributed by atoms with Crippen LogP contribution in [0.15, 0.2) is 11.1 Å². The third-order valence-electron chi connectivity index (χ3n) is 5.77. The lowest BCUT2D eigenvalue weighted by Gasteiger charge is -2.23. The minimum atomic E-state index is -5.26. The molecule has 3 atom stereocenters. The second-order valence-corrected chi connectivity index (χ2v) is 6.93. The average Bonchev–Trinajstić information content (AvgIpc) is 2.92. The number of ketones is 1. The molecule has 0 aliphatic heterocycles. The molecule has 0 spiro atoms. The van der Waals surface area contributed by atoms with Gasteiger partial charge in [-0.15, -0.1) is 12.3 Å². The van der Waals surface area contributed by atoms with Gasteiger partial charge in [0.25, 0.3) is 0 Å². The van der Waals surface area contributed by atoms with E-state index in [2.05, 4.69) is 5.92 Å². The van der Waals surface area contributed by atoms with Crippen LogP contribution in [0.25, 0.3) is 0 Å². The summed E-state index contributed by atoms with van der Waals surface area (Å²) in [6.45, 7) is 2.13. The van der Waals surface area contributed by atoms with Gasteiger partial charge in [-0.05, 0) is 26.3 Å². The molecule has 0 saturated heterocycles. The molecule has 3 unspecified atom stereocenters. The molecule has 1 fully saturated rings. The van der Waals surface area contributed by atoms with E-state index in [9.17, 15) is 35.9 Å². The first-order chi connectivity index (χ1) is 11.6. The number of ether oxygens (including phenoxy) is 1. The van der Waals surface area contributed by atoms with Gasteiger partial charge in [-0.1, -0.05) is 0 Å². The number of Topliss-reactive ketones (excluding diaryl/α,β-unsaturated/α-hetero) is 1. The van der Waals surface area contributed by atoms with Crippen molar-refractivity contribution in [3.63, 3.8) is 0 Å². The van der Waals surface area contributed by atoms with Crippen molar-refractivity contribution >= 4 is 11.8 Å². The maximum atomic E-state index is 13.3. The number of carbonyl (C=O) groups excluding carboxylic acids is 2. The van der Waals surface area contributed by atoms with Gasteiger partial charge in [0.1, 0.15) is 6.10 Å². The molecule has 9 heteroatoms. The van der Waals surface area contributed by atoms with Crippen LogP contribution in [-0.4, -0.2) is 30.2 Å². The minimum Gasteiger partial charge on any atom is -0.457 e. The van der Waals surface area contributed by atoms with Crippen LogP contribution in [0.3, 0.4) is 0 Å². The molecule has 0 radical (unpaired) electrons. The Balaban J connectivity index is 2.31. The molecule has 0 amide bonds. The summed E-state index contributed by atoms with van der Waals surface area (Å²) < 4.78 is 84.6. The largest absolute Gasteiger partial charge is 0.457 e. The van der Waals surface area contributed by atoms with Gasteiger partial charge in [0.15, 0.2) is 5.78 Å². The van der Waals surface area contributed by atoms with E-state index in [1.54, 1.807) is 0 Å². The third kappa shape index (κ3) is 2.53. The van der Waals surface area contributed by atoms with Crippen LogP contribution in [0.1, 0.15) is 33.6 Å². The number of halogens is 6. The van der Waals surface area contributed by atoms with Crippen molar-refractivity contribution in [3.8, 4) is 12.3 Å². The lowest BCUT2D eigenvalue weighted by Crippen LogP contribution is -2.35. The van der Waals surface area contributed by atoms with Gasteiger partial charge in [0, 0.05) is 12.0 Å². The van der Waals surface area contributed by atoms with Crippen molar-refractivity contribution < 1.29 is 40.7 Å². The van der Waals surface area contributed by atoms with Crippen LogP contribution in [0, 0.1) is 29.1 Å². The van der Waals surface area contributed by atoms with E-state index in [0.29, 0.717) is 13.8 Å². The minimum absolute atomic E-state index is 0.0529. The van der Waals surface area contributed by atoms with Gasteiger partial charge >= 0.3 is 18.3 Å². The second kappa shape index (κ2) is 5.76. The van der Waals surface area contributed by atoms with Crippen LogP contribution in [0.2, 0.25) is 0 Å². The van der Waals surface area contributed by atoms with E-state index < -0.39 is 47.0 Å². The lowest BCUT2D eigenvalue weighted by molar-refractivity contribution is -0.245. The molecule has 0 aromatic rings. The molecular weight excluding hydrogens is 366 g/mol. The van der Waals surface area contributed by atoms with E-state index >= 15 is 0 Å². The Morgan fingerprint density at radius 3 is 2.04 bits per heavy atom. The summed E-state index contributed by atoms with van der Waals surface area (Å²) in [4.78, 5) is 24.0. The number of carbonyl (C=O) groups is 2. The number of esters is 1. The molecule has 3 nitrogen and oxygen atoms in total. The first-order valence-corrected chi connectivity index (χ1v) is 7.64. The second-order valence-electron chi connectivity index (χ2n) is 6.93. The zero-order valence-electron chi connectivity index (χ0n) is 14.1. The summed E-state index contributed by atoms with van der Waals surface area (Å²) in [7, 11) is 0. The average molecular weight is 382 g/mol. The van der Waals surface area contributed by atoms with Gasteiger partial charge in [0.05, 0.1) is 23.2 Å². The van der Waals surface area contributed by atoms with Crippen LogP contribution in [0.4, 0.5) is 26.3 Å². The predicted octanol–water partition coefficient (Wildman–Crippen LogP) is 3.98. The SMILES string of the molecule is C#CCC1=C(C)C(OC(=O)C2C(C)(C(F)(F)F)C2(C)C(F)(F)F)CC1=O. The highest BCUT2D eigenvalue weighted by Crippen LogP contribution is 2.80. The number of rotatable bonds is 3. The number of hydrogen-bond acceptors (Lipinski definition) is 3. The summed E-state index contributed by atoms with van der Waals surface area (Å²) in [5.41, 5.74) is -6.14. The Morgan fingerprint density at radius 1 is 1.19 bits per heavy atom. The van der Waals surface area contributed by atoms with Crippen LogP contribution < -0.4 is 0 Å². The van der Waals surface area contributed by atoms with Gasteiger partial charge in [-0.25, -0.2) is 0 Å². The Morgan fingerprint density at radius 2 is 1.65 bits per heavy atom. The Bertz CT molecular complexity index is 700. The normalized spacial score (nSPS) is 34.7. The maximum Gasteiger partial charge on any atom is 0.395 e. The van der Waals surface area contributed by atoms with Crippen LogP contribution in [-0.2, 0) is 14.3 Å². The molecule has 0 N–H and O–H groups in total. The van der Waals surface area contributed by atoms with E-state index in [0.717, 1.165) is 0 Å². The van der Waals surface area contributed by atoms with Gasteiger partial charge < -0.3 is 4.74 Å². The summed E-state index contributed by atoms with van der Waals surface area (Å²) in [5, 5.41) is 0. The summed E-state index contributed by atoms with van der Waals surface area (Å²) >= 11 is 0. The quantitative estimate of drug-likeness (QED) is 0.421. The zero-order chi connectivity index (χ0) is 20.3. The predicted molar refractivity (Wildman–Crippen MR) is 77.5 cm³/mol. The fourth-order valence-electron chi connectivity index (χ4n) is 3.72. The lowest BCUT2D eigenvalue weighted by atomic mass is 9.95. The first-order valence-electron chi connectivity index (χ1n) is 7.64. The topological polar surface area (TPSA) is 43.4 Å². The summed E-state index contributed by atoms with van der Waals surface area (Å²) in [6.07, 6.45) is -7.00. The molecule has 0 heterocycles. The fraction of sp³-hybridized carbons (Fsp3) is 0.647. The highest BCUT2D eigenvalue weighted by Gasteiger charge is 2.93. The molecule has 2 rings (SSSR count). The molecule has 0 aromatic heterocycles. The third-order valence-corrected chi connectivity index (χ3v) is 5.77. The van der Waals surface area contributed by atoms with Crippen molar-refractivity contribution in [2.45, 2.75) is 52.1 Å². The van der Waals surface area contributed by atoms with Crippen molar-refractivity contribution in [2.75, 3.05) is 0 Å². The molecule has 0 bridgehead atoms. The number of allylic oxidation sites excluding steroid dienone is 1. The van der Waals surface area contributed by atoms with Gasteiger partial charge in [-0.3, -0.25) is 9.59 Å². The van der Waals surface area contributed by atoms with Crippen molar-refractivity contribution in [1.82, 2.24) is 0 Å². The van der Waals surface area contributed by atoms with E-state index in [4.69, 9.17) is 11.2 Å². The molecule has 144 valence electrons. The Labute approximate surface area is 145 Å². The standard InChI is InChI=1S/C17H16F6O3/c1-5-6-9-8(2)11(7-10(9)24)26-13(25)12-14(3,16(18,19)20)15(12,4)17(21,22)23/h1,11-12H,6-7H2,2-4H3. The van der Waals surface area contributed by atoms with E-state index in [1.807, 2.05) is 0 Å². The Kier molecular flexibility index (Phi) is 4.50. The smallest absolute Gasteiger partial charge is 0.395 e. The van der Waals surface area contributed by atoms with Gasteiger partial charge in [0.2, 0.25) is 0 Å². The van der Waals surface area contributed by atoms with E-state index in [-0.39, 0.29) is 24.0 Å². The highest BCUT2D eigenvalue weighted by molar-refractivity contribution is 6.00. The van der Waals surface area contributed by atoms with Crippen molar-refractivity contribution in [1.29, 1.82) is 0 Å². The van der Waals surface area contributed by atoms with Gasteiger partial charge in [-0.2, -0.15) is 26.3 Å². The zero-order valence-corrected chi connectivity index (χ0v) is 14.1. The first kappa shape index (κ1) is 20.3. The fourth-order valence-corrected chi connectivity index (χ4v) is 3.72. The van der Waals surface area contributed by atoms with Crippen LogP contribution in [0.5, 0.6) is 0 Å². The monoisotopic (exact) mass is 382 g/mol. The molecule has 2 aliphatic rings. The van der Waals surface area contributed by atoms with E-state index in [1.165, 1.54) is 6.92 Å². The summed E-state index contributed by atoms with van der Waals surface area (Å²) in [5.74, 6) is -2.27. The number of hydrogen-bond donors (Lipinski definition) is 0. The molecule has 0 aromatic carbocycles. The highest BCUT2D eigenvalue weighted by atomic mass is 19.4. The van der Waals surface area contributed by atoms with Crippen LogP contribution >= 0.6 is 0 Å².